The van der Waals surface area contributed by atoms with Crippen molar-refractivity contribution in [3.8, 4) is 0 Å². The van der Waals surface area contributed by atoms with Crippen LogP contribution in [0.25, 0.3) is 0 Å². The van der Waals surface area contributed by atoms with Gasteiger partial charge in [0, 0.05) is 36.3 Å². The number of aromatic nitrogens is 2. The Morgan fingerprint density at radius 3 is 2.57 bits per heavy atom. The molecule has 0 spiro atoms. The Balaban J connectivity index is 2.04. The highest BCUT2D eigenvalue weighted by atomic mass is 19.4. The van der Waals surface area contributed by atoms with Crippen molar-refractivity contribution in [3.05, 3.63) is 52.1 Å². The smallest absolute Gasteiger partial charge is 0.312 e. The largest absolute Gasteiger partial charge is 0.435 e. The highest BCUT2D eigenvalue weighted by molar-refractivity contribution is 5.32. The molecule has 2 aromatic rings. The lowest BCUT2D eigenvalue weighted by atomic mass is 10.1. The average molecular weight is 335 g/mol. The van der Waals surface area contributed by atoms with E-state index in [1.165, 1.54) is 0 Å². The van der Waals surface area contributed by atoms with Gasteiger partial charge in [0.15, 0.2) is 23.1 Å². The van der Waals surface area contributed by atoms with E-state index in [-0.39, 0.29) is 24.1 Å². The fraction of sp³-hybridized carbons (Fsp3) is 0.357. The molecule has 1 N–H and O–H groups in total. The zero-order valence-corrected chi connectivity index (χ0v) is 11.6. The monoisotopic (exact) mass is 335 g/mol. The lowest BCUT2D eigenvalue weighted by molar-refractivity contribution is -0.142. The van der Waals surface area contributed by atoms with Crippen LogP contribution in [0.3, 0.4) is 0 Å². The maximum absolute atomic E-state index is 13.7. The van der Waals surface area contributed by atoms with Crippen LogP contribution in [0.2, 0.25) is 0 Å². The Labute approximate surface area is 126 Å². The van der Waals surface area contributed by atoms with E-state index in [4.69, 9.17) is 0 Å². The molecule has 0 unspecified atom stereocenters. The van der Waals surface area contributed by atoms with E-state index in [2.05, 4.69) is 10.4 Å². The number of rotatable bonds is 2. The van der Waals surface area contributed by atoms with E-state index in [1.54, 1.807) is 0 Å². The molecule has 2 heterocycles. The van der Waals surface area contributed by atoms with E-state index < -0.39 is 35.9 Å². The highest BCUT2D eigenvalue weighted by Crippen LogP contribution is 2.34. The van der Waals surface area contributed by atoms with Crippen LogP contribution in [0, 0.1) is 17.5 Å². The zero-order valence-electron chi connectivity index (χ0n) is 11.6. The quantitative estimate of drug-likeness (QED) is 0.675. The third kappa shape index (κ3) is 2.80. The van der Waals surface area contributed by atoms with Crippen molar-refractivity contribution in [2.45, 2.75) is 25.7 Å². The van der Waals surface area contributed by atoms with Gasteiger partial charge in [0.05, 0.1) is 6.54 Å². The van der Waals surface area contributed by atoms with Crippen molar-refractivity contribution in [2.24, 2.45) is 0 Å². The molecular weight excluding hydrogens is 324 g/mol. The van der Waals surface area contributed by atoms with E-state index >= 15 is 0 Å². The Bertz CT molecular complexity index is 750. The van der Waals surface area contributed by atoms with E-state index in [1.807, 2.05) is 0 Å². The molecule has 0 bridgehead atoms. The molecule has 3 rings (SSSR count). The van der Waals surface area contributed by atoms with Gasteiger partial charge in [-0.25, -0.2) is 13.2 Å². The van der Waals surface area contributed by atoms with Crippen LogP contribution in [0.1, 0.15) is 22.5 Å². The number of nitrogens with zero attached hydrogens (tertiary/aromatic N) is 2. The predicted molar refractivity (Wildman–Crippen MR) is 68.1 cm³/mol. The Hall–Kier alpha value is -2.03. The second-order valence-electron chi connectivity index (χ2n) is 5.19. The summed E-state index contributed by atoms with van der Waals surface area (Å²) < 4.78 is 80.0. The maximum Gasteiger partial charge on any atom is 0.435 e. The molecule has 1 aliphatic heterocycles. The fourth-order valence-corrected chi connectivity index (χ4v) is 2.63. The molecule has 0 saturated carbocycles. The van der Waals surface area contributed by atoms with Gasteiger partial charge in [-0.2, -0.15) is 18.3 Å². The summed E-state index contributed by atoms with van der Waals surface area (Å²) in [6.45, 7) is 0.0577. The average Bonchev–Trinajstić information content (AvgIpc) is 2.87. The number of fused-ring (bicyclic) bond motifs is 1. The van der Waals surface area contributed by atoms with Crippen LogP contribution >= 0.6 is 0 Å². The third-order valence-electron chi connectivity index (χ3n) is 3.71. The molecule has 0 saturated heterocycles. The molecular formula is C14H11F6N3. The first-order chi connectivity index (χ1) is 10.8. The van der Waals surface area contributed by atoms with E-state index in [0.29, 0.717) is 12.2 Å². The van der Waals surface area contributed by atoms with Gasteiger partial charge in [0.2, 0.25) is 0 Å². The summed E-state index contributed by atoms with van der Waals surface area (Å²) in [6, 6.07) is 1.73. The number of halogens is 6. The lowest BCUT2D eigenvalue weighted by Gasteiger charge is -2.16. The maximum atomic E-state index is 13.7. The molecule has 3 nitrogen and oxygen atoms in total. The van der Waals surface area contributed by atoms with Crippen LogP contribution in [0.5, 0.6) is 0 Å². The van der Waals surface area contributed by atoms with Gasteiger partial charge in [-0.05, 0) is 6.07 Å². The molecule has 0 atom stereocenters. The molecule has 0 fully saturated rings. The van der Waals surface area contributed by atoms with Gasteiger partial charge in [-0.15, -0.1) is 0 Å². The number of hydrogen-bond acceptors (Lipinski definition) is 2. The first-order valence-corrected chi connectivity index (χ1v) is 6.78. The summed E-state index contributed by atoms with van der Waals surface area (Å²) in [7, 11) is 0. The number of nitrogens with one attached hydrogen (secondary N) is 1. The summed E-state index contributed by atoms with van der Waals surface area (Å²) in [5, 5.41) is 6.34. The van der Waals surface area contributed by atoms with E-state index in [9.17, 15) is 26.3 Å². The van der Waals surface area contributed by atoms with Gasteiger partial charge in [-0.1, -0.05) is 6.07 Å². The fourth-order valence-electron chi connectivity index (χ4n) is 2.63. The predicted octanol–water partition coefficient (Wildman–Crippen LogP) is 3.01. The number of alkyl halides is 3. The van der Waals surface area contributed by atoms with Crippen molar-refractivity contribution < 1.29 is 26.3 Å². The Morgan fingerprint density at radius 1 is 1.13 bits per heavy atom. The van der Waals surface area contributed by atoms with Gasteiger partial charge in [0.1, 0.15) is 0 Å². The first kappa shape index (κ1) is 15.9. The van der Waals surface area contributed by atoms with Crippen molar-refractivity contribution >= 4 is 0 Å². The number of benzene rings is 1. The minimum atomic E-state index is -4.64. The minimum Gasteiger partial charge on any atom is -0.312 e. The minimum absolute atomic E-state index is 0.00440. The van der Waals surface area contributed by atoms with Crippen LogP contribution in [0.15, 0.2) is 12.1 Å². The van der Waals surface area contributed by atoms with Gasteiger partial charge in [0.25, 0.3) is 0 Å². The lowest BCUT2D eigenvalue weighted by Crippen LogP contribution is -2.26. The second-order valence-corrected chi connectivity index (χ2v) is 5.19. The first-order valence-electron chi connectivity index (χ1n) is 6.78. The molecule has 1 aromatic heterocycles. The zero-order chi connectivity index (χ0) is 16.8. The van der Waals surface area contributed by atoms with Crippen molar-refractivity contribution in [1.82, 2.24) is 15.1 Å². The molecule has 0 amide bonds. The SMILES string of the molecule is Fc1ccc(Cn2nc(C(F)(F)F)c3c2CCNC3)c(F)c1F. The Morgan fingerprint density at radius 2 is 1.87 bits per heavy atom. The molecule has 1 aliphatic rings. The standard InChI is InChI=1S/C14H11F6N3/c15-9-2-1-7(11(16)12(9)17)6-23-10-3-4-21-5-8(10)13(22-23)14(18,19)20/h1-2,21H,3-6H2. The summed E-state index contributed by atoms with van der Waals surface area (Å²) >= 11 is 0. The Kier molecular flexibility index (Phi) is 3.83. The van der Waals surface area contributed by atoms with Crippen LogP contribution in [-0.4, -0.2) is 16.3 Å². The molecule has 0 radical (unpaired) electrons. The summed E-state index contributed by atoms with van der Waals surface area (Å²) in [4.78, 5) is 0. The summed E-state index contributed by atoms with van der Waals surface area (Å²) in [6.07, 6.45) is -4.36. The third-order valence-corrected chi connectivity index (χ3v) is 3.71. The van der Waals surface area contributed by atoms with Crippen molar-refractivity contribution in [3.63, 3.8) is 0 Å². The molecule has 124 valence electrons. The van der Waals surface area contributed by atoms with Crippen molar-refractivity contribution in [2.75, 3.05) is 6.54 Å². The molecule has 0 aliphatic carbocycles. The van der Waals surface area contributed by atoms with Gasteiger partial charge >= 0.3 is 6.18 Å². The van der Waals surface area contributed by atoms with Crippen LogP contribution < -0.4 is 5.32 Å². The molecule has 1 aromatic carbocycles. The van der Waals surface area contributed by atoms with Gasteiger partial charge in [-0.3, -0.25) is 4.68 Å². The van der Waals surface area contributed by atoms with E-state index in [0.717, 1.165) is 16.8 Å². The topological polar surface area (TPSA) is 29.9 Å². The van der Waals surface area contributed by atoms with Crippen molar-refractivity contribution in [1.29, 1.82) is 0 Å². The highest BCUT2D eigenvalue weighted by Gasteiger charge is 2.39. The second kappa shape index (κ2) is 5.55. The van der Waals surface area contributed by atoms with Gasteiger partial charge < -0.3 is 5.32 Å². The summed E-state index contributed by atoms with van der Waals surface area (Å²) in [5.74, 6) is -4.42. The van der Waals surface area contributed by atoms with Crippen LogP contribution in [0.4, 0.5) is 26.3 Å². The summed E-state index contributed by atoms with van der Waals surface area (Å²) in [5.41, 5.74) is -0.976. The molecule has 23 heavy (non-hydrogen) atoms. The number of hydrogen-bond donors (Lipinski definition) is 1. The molecule has 9 heteroatoms. The van der Waals surface area contributed by atoms with Crippen LogP contribution in [-0.2, 0) is 25.7 Å². The normalized spacial score (nSPS) is 14.9.